The third kappa shape index (κ3) is 3.74. The van der Waals surface area contributed by atoms with Crippen LogP contribution in [0.3, 0.4) is 0 Å². The van der Waals surface area contributed by atoms with E-state index >= 15 is 0 Å². The van der Waals surface area contributed by atoms with Crippen molar-refractivity contribution in [1.82, 2.24) is 4.98 Å². The fourth-order valence-corrected chi connectivity index (χ4v) is 1.84. The first kappa shape index (κ1) is 11.0. The van der Waals surface area contributed by atoms with Crippen molar-refractivity contribution in [1.29, 1.82) is 0 Å². The summed E-state index contributed by atoms with van der Waals surface area (Å²) in [5.41, 5.74) is 0.562. The van der Waals surface area contributed by atoms with E-state index in [-0.39, 0.29) is 12.0 Å². The molecule has 1 heterocycles. The predicted octanol–water partition coefficient (Wildman–Crippen LogP) is 1.98. The van der Waals surface area contributed by atoms with Crippen LogP contribution in [0, 0.1) is 0 Å². The van der Waals surface area contributed by atoms with Crippen molar-refractivity contribution < 1.29 is 9.90 Å². The molecule has 78 valence electrons. The summed E-state index contributed by atoms with van der Waals surface area (Å²) in [5, 5.41) is 14.3. The van der Waals surface area contributed by atoms with Gasteiger partial charge in [0.25, 0.3) is 0 Å². The maximum Gasteiger partial charge on any atom is 0.309 e. The first-order valence-electron chi connectivity index (χ1n) is 4.31. The van der Waals surface area contributed by atoms with Gasteiger partial charge in [0.15, 0.2) is 5.13 Å². The molecule has 0 fully saturated rings. The summed E-state index contributed by atoms with van der Waals surface area (Å²) < 4.78 is 0. The lowest BCUT2D eigenvalue weighted by molar-refractivity contribution is -0.136. The molecule has 0 aromatic carbocycles. The number of anilines is 1. The van der Waals surface area contributed by atoms with Crippen LogP contribution in [0.5, 0.6) is 0 Å². The summed E-state index contributed by atoms with van der Waals surface area (Å²) in [6.07, 6.45) is -0.0116. The van der Waals surface area contributed by atoms with Crippen LogP contribution in [-0.4, -0.2) is 21.6 Å². The number of nitrogens with one attached hydrogen (secondary N) is 1. The highest BCUT2D eigenvalue weighted by Crippen LogP contribution is 2.19. The molecule has 1 aromatic rings. The molecule has 1 aromatic heterocycles. The quantitative estimate of drug-likeness (QED) is 0.807. The fourth-order valence-electron chi connectivity index (χ4n) is 0.921. The summed E-state index contributed by atoms with van der Waals surface area (Å²) in [5.74, 6) is -0.849. The van der Waals surface area contributed by atoms with Crippen LogP contribution in [0.25, 0.3) is 0 Å². The van der Waals surface area contributed by atoms with E-state index in [1.54, 1.807) is 5.38 Å². The predicted molar refractivity (Wildman–Crippen MR) is 56.8 cm³/mol. The van der Waals surface area contributed by atoms with Crippen molar-refractivity contribution in [3.8, 4) is 0 Å². The Morgan fingerprint density at radius 3 is 2.79 bits per heavy atom. The van der Waals surface area contributed by atoms with Crippen molar-refractivity contribution in [2.24, 2.45) is 0 Å². The lowest BCUT2D eigenvalue weighted by atomic mass is 10.1. The van der Waals surface area contributed by atoms with E-state index in [9.17, 15) is 4.79 Å². The van der Waals surface area contributed by atoms with Gasteiger partial charge in [-0.05, 0) is 20.8 Å². The Bertz CT molecular complexity index is 328. The van der Waals surface area contributed by atoms with Gasteiger partial charge in [-0.3, -0.25) is 4.79 Å². The zero-order valence-electron chi connectivity index (χ0n) is 8.50. The molecule has 0 bridgehead atoms. The van der Waals surface area contributed by atoms with Crippen LogP contribution in [0.15, 0.2) is 5.38 Å². The zero-order valence-corrected chi connectivity index (χ0v) is 9.31. The molecular weight excluding hydrogens is 200 g/mol. The number of carboxylic acid groups (broad SMARTS) is 1. The largest absolute Gasteiger partial charge is 0.481 e. The Kier molecular flexibility index (Phi) is 3.10. The smallest absolute Gasteiger partial charge is 0.309 e. The molecule has 0 amide bonds. The van der Waals surface area contributed by atoms with Gasteiger partial charge >= 0.3 is 5.97 Å². The average molecular weight is 214 g/mol. The van der Waals surface area contributed by atoms with Gasteiger partial charge in [0.2, 0.25) is 0 Å². The van der Waals surface area contributed by atoms with Crippen LogP contribution < -0.4 is 5.32 Å². The highest BCUT2D eigenvalue weighted by molar-refractivity contribution is 7.13. The molecule has 0 spiro atoms. The number of carboxylic acids is 1. The fraction of sp³-hybridized carbons (Fsp3) is 0.556. The highest BCUT2D eigenvalue weighted by atomic mass is 32.1. The summed E-state index contributed by atoms with van der Waals surface area (Å²) in [6.45, 7) is 6.10. The van der Waals surface area contributed by atoms with Gasteiger partial charge in [0.05, 0.1) is 12.1 Å². The van der Waals surface area contributed by atoms with E-state index in [0.29, 0.717) is 5.69 Å². The molecule has 1 rings (SSSR count). The molecule has 2 N–H and O–H groups in total. The number of hydrogen-bond donors (Lipinski definition) is 2. The average Bonchev–Trinajstić information content (AvgIpc) is 2.30. The molecule has 5 heteroatoms. The SMILES string of the molecule is CC(C)(C)Nc1nc(CC(=O)O)cs1. The first-order valence-corrected chi connectivity index (χ1v) is 5.19. The van der Waals surface area contributed by atoms with E-state index in [4.69, 9.17) is 5.11 Å². The zero-order chi connectivity index (χ0) is 10.8. The molecule has 0 atom stereocenters. The minimum atomic E-state index is -0.849. The lowest BCUT2D eigenvalue weighted by Gasteiger charge is -2.19. The van der Waals surface area contributed by atoms with Crippen molar-refractivity contribution in [3.05, 3.63) is 11.1 Å². The number of carbonyl (C=O) groups is 1. The molecule has 4 nitrogen and oxygen atoms in total. The molecular formula is C9H14N2O2S. The number of rotatable bonds is 3. The Morgan fingerprint density at radius 2 is 2.29 bits per heavy atom. The summed E-state index contributed by atoms with van der Waals surface area (Å²) in [4.78, 5) is 14.6. The lowest BCUT2D eigenvalue weighted by Crippen LogP contribution is -2.25. The molecule has 0 aliphatic heterocycles. The molecule has 0 aliphatic carbocycles. The Balaban J connectivity index is 2.64. The van der Waals surface area contributed by atoms with E-state index in [1.807, 2.05) is 20.8 Å². The molecule has 0 radical (unpaired) electrons. The van der Waals surface area contributed by atoms with E-state index in [2.05, 4.69) is 10.3 Å². The number of thiazole rings is 1. The number of nitrogens with zero attached hydrogens (tertiary/aromatic N) is 1. The summed E-state index contributed by atoms with van der Waals surface area (Å²) in [6, 6.07) is 0. The van der Waals surface area contributed by atoms with Gasteiger partial charge < -0.3 is 10.4 Å². The third-order valence-electron chi connectivity index (χ3n) is 1.37. The van der Waals surface area contributed by atoms with Gasteiger partial charge in [0, 0.05) is 10.9 Å². The normalized spacial score (nSPS) is 11.4. The van der Waals surface area contributed by atoms with Crippen LogP contribution >= 0.6 is 11.3 Å². The number of aliphatic carboxylic acids is 1. The summed E-state index contributed by atoms with van der Waals surface area (Å²) >= 11 is 1.43. The molecule has 0 saturated heterocycles. The second-order valence-corrected chi connectivity index (χ2v) is 4.95. The third-order valence-corrected chi connectivity index (χ3v) is 2.17. The van der Waals surface area contributed by atoms with Crippen LogP contribution in [0.1, 0.15) is 26.5 Å². The first-order chi connectivity index (χ1) is 6.37. The van der Waals surface area contributed by atoms with Gasteiger partial charge in [-0.1, -0.05) is 0 Å². The van der Waals surface area contributed by atoms with E-state index in [1.165, 1.54) is 11.3 Å². The van der Waals surface area contributed by atoms with Gasteiger partial charge in [0.1, 0.15) is 0 Å². The molecule has 0 aliphatic rings. The second-order valence-electron chi connectivity index (χ2n) is 4.09. The number of aromatic nitrogens is 1. The van der Waals surface area contributed by atoms with E-state index in [0.717, 1.165) is 5.13 Å². The standard InChI is InChI=1S/C9H14N2O2S/c1-9(2,3)11-8-10-6(5-14-8)4-7(12)13/h5H,4H2,1-3H3,(H,10,11)(H,12,13). The van der Waals surface area contributed by atoms with Gasteiger partial charge in [-0.2, -0.15) is 0 Å². The topological polar surface area (TPSA) is 62.2 Å². The van der Waals surface area contributed by atoms with Gasteiger partial charge in [-0.25, -0.2) is 4.98 Å². The minimum absolute atomic E-state index is 0.0116. The monoisotopic (exact) mass is 214 g/mol. The van der Waals surface area contributed by atoms with Crippen LogP contribution in [0.4, 0.5) is 5.13 Å². The number of hydrogen-bond acceptors (Lipinski definition) is 4. The highest BCUT2D eigenvalue weighted by Gasteiger charge is 2.12. The minimum Gasteiger partial charge on any atom is -0.481 e. The molecule has 0 unspecified atom stereocenters. The van der Waals surface area contributed by atoms with Crippen molar-refractivity contribution in [3.63, 3.8) is 0 Å². The Labute approximate surface area is 87.0 Å². The molecule has 0 saturated carbocycles. The van der Waals surface area contributed by atoms with Crippen molar-refractivity contribution >= 4 is 22.4 Å². The van der Waals surface area contributed by atoms with E-state index < -0.39 is 5.97 Å². The Hall–Kier alpha value is -1.10. The molecule has 14 heavy (non-hydrogen) atoms. The summed E-state index contributed by atoms with van der Waals surface area (Å²) in [7, 11) is 0. The van der Waals surface area contributed by atoms with Crippen molar-refractivity contribution in [2.75, 3.05) is 5.32 Å². The van der Waals surface area contributed by atoms with Gasteiger partial charge in [-0.15, -0.1) is 11.3 Å². The second kappa shape index (κ2) is 3.96. The maximum absolute atomic E-state index is 10.4. The Morgan fingerprint density at radius 1 is 1.64 bits per heavy atom. The van der Waals surface area contributed by atoms with Crippen molar-refractivity contribution in [2.45, 2.75) is 32.7 Å². The van der Waals surface area contributed by atoms with Crippen LogP contribution in [0.2, 0.25) is 0 Å². The van der Waals surface area contributed by atoms with Crippen LogP contribution in [-0.2, 0) is 11.2 Å². The maximum atomic E-state index is 10.4.